The molecule has 0 radical (unpaired) electrons. The van der Waals surface area contributed by atoms with Crippen LogP contribution in [0.4, 0.5) is 0 Å². The molecule has 470 valence electrons. The molecule has 0 aliphatic heterocycles. The molecule has 2 unspecified atom stereocenters. The Balaban J connectivity index is 1.28. The molecule has 0 saturated carbocycles. The monoisotopic (exact) mass is 1330 g/mol. The fourth-order valence-electron chi connectivity index (χ4n) is 9.89. The Morgan fingerprint density at radius 3 is 1.17 bits per heavy atom. The second-order valence-corrected chi connectivity index (χ2v) is 29.6. The van der Waals surface area contributed by atoms with Crippen LogP contribution >= 0.6 is 0 Å². The Bertz CT molecular complexity index is 4500. The van der Waals surface area contributed by atoms with Crippen molar-refractivity contribution in [1.29, 1.82) is 0 Å². The number of carbonyl (C=O) groups is 2. The predicted molar refractivity (Wildman–Crippen MR) is 319 cm³/mol. The van der Waals surface area contributed by atoms with Crippen molar-refractivity contribution >= 4 is 72.3 Å². The van der Waals surface area contributed by atoms with Crippen LogP contribution in [0.3, 0.4) is 0 Å². The second-order valence-electron chi connectivity index (χ2n) is 21.2. The van der Waals surface area contributed by atoms with Gasteiger partial charge in [0.1, 0.15) is 43.3 Å². The van der Waals surface area contributed by atoms with Crippen LogP contribution in [0.25, 0.3) is 0 Å². The van der Waals surface area contributed by atoms with E-state index in [1.807, 2.05) is 34.6 Å². The first-order valence-electron chi connectivity index (χ1n) is 26.5. The number of ketones is 2. The van der Waals surface area contributed by atoms with Gasteiger partial charge in [-0.25, -0.2) is 0 Å². The molecule has 7 rings (SSSR count). The number of ether oxygens (including phenoxy) is 3. The number of rotatable bonds is 25. The average molecular weight is 1330 g/mol. The molecule has 0 aliphatic carbocycles. The molecule has 7 aromatic carbocycles. The third-order valence-corrected chi connectivity index (χ3v) is 20.6. The van der Waals surface area contributed by atoms with Gasteiger partial charge in [-0.1, -0.05) is 89.6 Å². The minimum absolute atomic E-state index is 0.0205. The molecular formula is C59H60O23S6. The van der Waals surface area contributed by atoms with Crippen molar-refractivity contribution in [2.24, 2.45) is 0 Å². The molecule has 0 amide bonds. The molecule has 0 heterocycles. The van der Waals surface area contributed by atoms with Gasteiger partial charge in [0.2, 0.25) is 0 Å². The third-order valence-electron chi connectivity index (χ3n) is 15.4. The first-order chi connectivity index (χ1) is 40.6. The molecule has 23 nitrogen and oxygen atoms in total. The quantitative estimate of drug-likeness (QED) is 0.0176. The highest BCUT2D eigenvalue weighted by Gasteiger charge is 2.36. The first-order valence-corrected chi connectivity index (χ1v) is 35.2. The summed E-state index contributed by atoms with van der Waals surface area (Å²) in [6, 6.07) is 27.5. The van der Waals surface area contributed by atoms with Gasteiger partial charge in [-0.15, -0.1) is 0 Å². The summed E-state index contributed by atoms with van der Waals surface area (Å²) in [5.74, 6) is -3.85. The maximum absolute atomic E-state index is 13.9. The zero-order chi connectivity index (χ0) is 65.5. The van der Waals surface area contributed by atoms with E-state index in [4.69, 9.17) is 14.2 Å². The summed E-state index contributed by atoms with van der Waals surface area (Å²) in [5.41, 5.74) is -3.01. The van der Waals surface area contributed by atoms with Crippen LogP contribution in [0.2, 0.25) is 0 Å². The molecule has 29 heteroatoms. The summed E-state index contributed by atoms with van der Waals surface area (Å²) in [7, 11) is -31.9. The van der Waals surface area contributed by atoms with E-state index < -0.39 is 141 Å². The standard InChI is InChI=1S/C59H60O23S6/c1-8-28-58(6,11-4)82-45-24-18-42(19-25-45)59(7,40-14-20-43(21-15-40)80-49-27-13-37(32-51(49)86(71,72)73)54(60)36-12-26-48(57(5,9-2)10-3)50(31-36)85(68,69)70)41-16-22-44(23-17-41)81-56-52(87(74,75)76)33-39(34-53(56)88(77,78)79)55(61)38-29-46(83(62,63)64)35-47(30-38)84(65,66)67/h12-27,29-35H,8-11,28H2,1-7H3,(H,62,63,64)(H,65,66,67)(H,68,69,70)(H,71,72,73)(H,74,75,76)(H,77,78,79). The Kier molecular flexibility index (Phi) is 19.4. The highest BCUT2D eigenvalue weighted by atomic mass is 32.2. The van der Waals surface area contributed by atoms with Crippen LogP contribution in [-0.2, 0) is 71.5 Å². The van der Waals surface area contributed by atoms with Crippen LogP contribution in [-0.4, -0.2) is 95.0 Å². The molecule has 0 saturated heterocycles. The van der Waals surface area contributed by atoms with Crippen molar-refractivity contribution in [3.05, 3.63) is 184 Å². The van der Waals surface area contributed by atoms with Crippen LogP contribution in [0, 0.1) is 0 Å². The first kappa shape index (κ1) is 68.2. The molecule has 7 aromatic rings. The second kappa shape index (κ2) is 25.0. The smallest absolute Gasteiger partial charge is 0.298 e. The summed E-state index contributed by atoms with van der Waals surface area (Å²) >= 11 is 0. The highest BCUT2D eigenvalue weighted by Crippen LogP contribution is 2.44. The van der Waals surface area contributed by atoms with Gasteiger partial charge < -0.3 is 14.2 Å². The lowest BCUT2D eigenvalue weighted by molar-refractivity contribution is 0.0740. The van der Waals surface area contributed by atoms with Crippen molar-refractivity contribution in [1.82, 2.24) is 0 Å². The van der Waals surface area contributed by atoms with Crippen LogP contribution in [0.5, 0.6) is 28.7 Å². The summed E-state index contributed by atoms with van der Waals surface area (Å²) in [5, 5.41) is 0. The van der Waals surface area contributed by atoms with Gasteiger partial charge in [0.05, 0.1) is 14.7 Å². The molecule has 0 bridgehead atoms. The minimum Gasteiger partial charge on any atom is -0.488 e. The largest absolute Gasteiger partial charge is 0.488 e. The molecule has 0 fully saturated rings. The summed E-state index contributed by atoms with van der Waals surface area (Å²) in [6.07, 6.45) is 3.27. The molecule has 2 atom stereocenters. The molecule has 88 heavy (non-hydrogen) atoms. The van der Waals surface area contributed by atoms with Crippen molar-refractivity contribution in [3.8, 4) is 28.7 Å². The van der Waals surface area contributed by atoms with Crippen molar-refractivity contribution in [3.63, 3.8) is 0 Å². The lowest BCUT2D eigenvalue weighted by Gasteiger charge is -2.33. The fourth-order valence-corrected chi connectivity index (χ4v) is 14.0. The lowest BCUT2D eigenvalue weighted by Crippen LogP contribution is -2.31. The maximum atomic E-state index is 13.9. The number of carbonyl (C=O) groups excluding carboxylic acids is 2. The fraction of sp³-hybridized carbons (Fsp3) is 0.254. The van der Waals surface area contributed by atoms with Crippen LogP contribution < -0.4 is 14.2 Å². The van der Waals surface area contributed by atoms with E-state index in [0.29, 0.717) is 66.0 Å². The number of hydrogen-bond donors (Lipinski definition) is 6. The van der Waals surface area contributed by atoms with Gasteiger partial charge in [-0.05, 0) is 158 Å². The van der Waals surface area contributed by atoms with Gasteiger partial charge in [0.25, 0.3) is 60.7 Å². The molecule has 0 aliphatic rings. The third kappa shape index (κ3) is 14.9. The average Bonchev–Trinajstić information content (AvgIpc) is 1.70. The topological polar surface area (TPSA) is 388 Å². The Morgan fingerprint density at radius 2 is 0.773 bits per heavy atom. The number of benzene rings is 7. The van der Waals surface area contributed by atoms with E-state index in [1.165, 1.54) is 54.6 Å². The van der Waals surface area contributed by atoms with E-state index in [9.17, 15) is 87.4 Å². The minimum atomic E-state index is -5.65. The van der Waals surface area contributed by atoms with E-state index >= 15 is 0 Å². The molecular weight excluding hydrogens is 1270 g/mol. The predicted octanol–water partition coefficient (Wildman–Crippen LogP) is 11.0. The summed E-state index contributed by atoms with van der Waals surface area (Å²) in [6.45, 7) is 13.3. The van der Waals surface area contributed by atoms with Crippen LogP contribution in [0.15, 0.2) is 169 Å². The Hall–Kier alpha value is -7.26. The van der Waals surface area contributed by atoms with Crippen molar-refractivity contribution in [2.45, 2.75) is 126 Å². The lowest BCUT2D eigenvalue weighted by atomic mass is 9.71. The SMILES string of the molecule is CCCC(C)(CC)Oc1ccc(C(C)(c2ccc(Oc3ccc(C(=O)c4ccc(C(C)(CC)CC)c(S(=O)(=O)O)c4)cc3S(=O)(=O)O)cc2)c2ccc(Oc3c(S(=O)(=O)O)cc(C(=O)c4cc(S(=O)(=O)O)cc(S(=O)(=O)O)c4)cc3S(=O)(=O)O)cc2)cc1. The van der Waals surface area contributed by atoms with E-state index in [0.717, 1.165) is 31.0 Å². The zero-order valence-electron chi connectivity index (χ0n) is 47.9. The number of hydrogen-bond acceptors (Lipinski definition) is 17. The Morgan fingerprint density at radius 1 is 0.398 bits per heavy atom. The van der Waals surface area contributed by atoms with Gasteiger partial charge in [0, 0.05) is 27.7 Å². The molecule has 0 aromatic heterocycles. The van der Waals surface area contributed by atoms with Gasteiger partial charge in [0.15, 0.2) is 17.3 Å². The van der Waals surface area contributed by atoms with Gasteiger partial charge in [-0.3, -0.25) is 36.9 Å². The highest BCUT2D eigenvalue weighted by molar-refractivity contribution is 7.87. The Labute approximate surface area is 509 Å². The zero-order valence-corrected chi connectivity index (χ0v) is 52.8. The van der Waals surface area contributed by atoms with E-state index in [2.05, 4.69) is 0 Å². The summed E-state index contributed by atoms with van der Waals surface area (Å²) < 4.78 is 230. The van der Waals surface area contributed by atoms with E-state index in [1.54, 1.807) is 50.2 Å². The van der Waals surface area contributed by atoms with Crippen molar-refractivity contribution < 1.29 is 102 Å². The normalized spacial score (nSPS) is 14.1. The van der Waals surface area contributed by atoms with Gasteiger partial charge >= 0.3 is 0 Å². The molecule has 0 spiro atoms. The maximum Gasteiger partial charge on any atom is 0.298 e. The van der Waals surface area contributed by atoms with Crippen molar-refractivity contribution in [2.75, 3.05) is 0 Å². The molecule has 6 N–H and O–H groups in total. The van der Waals surface area contributed by atoms with Crippen LogP contribution in [0.1, 0.15) is 135 Å². The van der Waals surface area contributed by atoms with Gasteiger partial charge in [-0.2, -0.15) is 50.5 Å². The van der Waals surface area contributed by atoms with E-state index in [-0.39, 0.29) is 34.3 Å². The summed E-state index contributed by atoms with van der Waals surface area (Å²) in [4.78, 5) is 21.0.